The highest BCUT2D eigenvalue weighted by atomic mass is 35.5. The first kappa shape index (κ1) is 20.7. The molecule has 6 nitrogen and oxygen atoms in total. The molecule has 0 radical (unpaired) electrons. The number of rotatable bonds is 10. The van der Waals surface area contributed by atoms with Crippen molar-refractivity contribution in [3.63, 3.8) is 0 Å². The Morgan fingerprint density at radius 3 is 2.66 bits per heavy atom. The quantitative estimate of drug-likeness (QED) is 0.271. The number of guanidine groups is 1. The van der Waals surface area contributed by atoms with Crippen molar-refractivity contribution in [2.45, 2.75) is 19.4 Å². The summed E-state index contributed by atoms with van der Waals surface area (Å²) >= 11 is 6.05. The molecule has 3 aromatic rings. The number of aromatic nitrogens is 2. The number of nitrogens with zero attached hydrogens (tertiary/aromatic N) is 3. The Bertz CT molecular complexity index is 862. The number of hydrogen-bond donors (Lipinski definition) is 3. The first-order chi connectivity index (χ1) is 14.2. The second kappa shape index (κ2) is 11.1. The second-order valence-corrected chi connectivity index (χ2v) is 7.19. The van der Waals surface area contributed by atoms with Gasteiger partial charge in [0.05, 0.1) is 6.33 Å². The van der Waals surface area contributed by atoms with Gasteiger partial charge in [-0.1, -0.05) is 41.9 Å². The Balaban J connectivity index is 1.49. The lowest BCUT2D eigenvalue weighted by Gasteiger charge is -2.25. The molecule has 7 heteroatoms. The Kier molecular flexibility index (Phi) is 7.95. The minimum atomic E-state index is 0.477. The van der Waals surface area contributed by atoms with Gasteiger partial charge in [0.15, 0.2) is 5.96 Å². The molecule has 0 saturated carbocycles. The van der Waals surface area contributed by atoms with Gasteiger partial charge in [-0.05, 0) is 42.7 Å². The molecule has 0 fully saturated rings. The number of benzene rings is 2. The number of aromatic amines is 1. The van der Waals surface area contributed by atoms with E-state index in [9.17, 15) is 0 Å². The van der Waals surface area contributed by atoms with Gasteiger partial charge in [-0.25, -0.2) is 4.98 Å². The van der Waals surface area contributed by atoms with E-state index in [2.05, 4.69) is 49.4 Å². The van der Waals surface area contributed by atoms with Gasteiger partial charge in [0.1, 0.15) is 0 Å². The SMILES string of the molecule is NC(=NCCCc1cnc[nH]1)NCCN(Cc1ccccc1)c1ccc(Cl)cc1. The second-order valence-electron chi connectivity index (χ2n) is 6.76. The summed E-state index contributed by atoms with van der Waals surface area (Å²) in [5.74, 6) is 0.477. The number of nitrogens with two attached hydrogens (primary N) is 1. The van der Waals surface area contributed by atoms with Crippen LogP contribution in [0.1, 0.15) is 17.7 Å². The average molecular weight is 411 g/mol. The van der Waals surface area contributed by atoms with E-state index in [-0.39, 0.29) is 0 Å². The van der Waals surface area contributed by atoms with E-state index in [1.807, 2.05) is 36.5 Å². The molecule has 0 aliphatic carbocycles. The molecule has 1 heterocycles. The molecule has 0 saturated heterocycles. The highest BCUT2D eigenvalue weighted by molar-refractivity contribution is 6.30. The van der Waals surface area contributed by atoms with Gasteiger partial charge in [0, 0.05) is 48.8 Å². The highest BCUT2D eigenvalue weighted by Crippen LogP contribution is 2.19. The summed E-state index contributed by atoms with van der Waals surface area (Å²) < 4.78 is 0. The van der Waals surface area contributed by atoms with E-state index in [0.29, 0.717) is 19.0 Å². The molecule has 0 atom stereocenters. The van der Waals surface area contributed by atoms with Crippen molar-refractivity contribution in [2.75, 3.05) is 24.5 Å². The Morgan fingerprint density at radius 1 is 1.14 bits per heavy atom. The number of aliphatic imine (C=N–C) groups is 1. The number of anilines is 1. The molecule has 4 N–H and O–H groups in total. The monoisotopic (exact) mass is 410 g/mol. The van der Waals surface area contributed by atoms with Crippen molar-refractivity contribution in [3.8, 4) is 0 Å². The summed E-state index contributed by atoms with van der Waals surface area (Å²) in [6, 6.07) is 18.3. The highest BCUT2D eigenvalue weighted by Gasteiger charge is 2.08. The van der Waals surface area contributed by atoms with E-state index in [1.54, 1.807) is 6.33 Å². The van der Waals surface area contributed by atoms with Crippen molar-refractivity contribution in [1.29, 1.82) is 0 Å². The van der Waals surface area contributed by atoms with Crippen LogP contribution in [0.25, 0.3) is 0 Å². The van der Waals surface area contributed by atoms with Crippen molar-refractivity contribution in [2.24, 2.45) is 10.7 Å². The number of halogens is 1. The molecule has 0 bridgehead atoms. The minimum absolute atomic E-state index is 0.477. The zero-order valence-corrected chi connectivity index (χ0v) is 17.1. The molecular formula is C22H27ClN6. The summed E-state index contributed by atoms with van der Waals surface area (Å²) in [6.45, 7) is 2.99. The van der Waals surface area contributed by atoms with Crippen molar-refractivity contribution < 1.29 is 0 Å². The van der Waals surface area contributed by atoms with Crippen molar-refractivity contribution in [3.05, 3.63) is 83.4 Å². The molecule has 3 rings (SSSR count). The summed E-state index contributed by atoms with van der Waals surface area (Å²) in [4.78, 5) is 13.8. The normalized spacial score (nSPS) is 11.4. The van der Waals surface area contributed by atoms with Crippen LogP contribution < -0.4 is 16.0 Å². The maximum absolute atomic E-state index is 6.05. The largest absolute Gasteiger partial charge is 0.370 e. The van der Waals surface area contributed by atoms with Crippen LogP contribution in [0.15, 0.2) is 72.1 Å². The summed E-state index contributed by atoms with van der Waals surface area (Å²) in [5, 5.41) is 3.95. The molecule has 0 amide bonds. The van der Waals surface area contributed by atoms with Crippen LogP contribution in [0.3, 0.4) is 0 Å². The fraction of sp³-hybridized carbons (Fsp3) is 0.273. The zero-order valence-electron chi connectivity index (χ0n) is 16.4. The fourth-order valence-corrected chi connectivity index (χ4v) is 3.15. The zero-order chi connectivity index (χ0) is 20.3. The standard InChI is InChI=1S/C22H27ClN6/c23-19-8-10-21(11-9-19)29(16-18-5-2-1-3-6-18)14-13-27-22(24)26-12-4-7-20-15-25-17-28-20/h1-3,5-6,8-11,15,17H,4,7,12-14,16H2,(H,25,28)(H3,24,26,27). The minimum Gasteiger partial charge on any atom is -0.370 e. The number of aryl methyl sites for hydroxylation is 1. The Labute approximate surface area is 176 Å². The molecule has 0 unspecified atom stereocenters. The van der Waals surface area contributed by atoms with Gasteiger partial charge in [0.2, 0.25) is 0 Å². The molecule has 29 heavy (non-hydrogen) atoms. The van der Waals surface area contributed by atoms with E-state index >= 15 is 0 Å². The van der Waals surface area contributed by atoms with Crippen LogP contribution in [0.5, 0.6) is 0 Å². The smallest absolute Gasteiger partial charge is 0.188 e. The third-order valence-electron chi connectivity index (χ3n) is 4.54. The number of nitrogens with one attached hydrogen (secondary N) is 2. The summed E-state index contributed by atoms with van der Waals surface area (Å²) in [7, 11) is 0. The maximum atomic E-state index is 6.05. The summed E-state index contributed by atoms with van der Waals surface area (Å²) in [6.07, 6.45) is 5.37. The third kappa shape index (κ3) is 7.16. The van der Waals surface area contributed by atoms with E-state index in [0.717, 1.165) is 42.3 Å². The van der Waals surface area contributed by atoms with Crippen LogP contribution in [0.4, 0.5) is 5.69 Å². The van der Waals surface area contributed by atoms with Crippen LogP contribution in [-0.4, -0.2) is 35.6 Å². The van der Waals surface area contributed by atoms with E-state index < -0.39 is 0 Å². The molecule has 0 aliphatic rings. The Morgan fingerprint density at radius 2 is 1.93 bits per heavy atom. The van der Waals surface area contributed by atoms with Gasteiger partial charge >= 0.3 is 0 Å². The van der Waals surface area contributed by atoms with Crippen LogP contribution in [0, 0.1) is 0 Å². The van der Waals surface area contributed by atoms with Crippen LogP contribution in [0.2, 0.25) is 5.02 Å². The average Bonchev–Trinajstić information content (AvgIpc) is 3.25. The summed E-state index contributed by atoms with van der Waals surface area (Å²) in [5.41, 5.74) is 9.50. The Hall–Kier alpha value is -2.99. The molecule has 1 aromatic heterocycles. The van der Waals surface area contributed by atoms with Crippen LogP contribution >= 0.6 is 11.6 Å². The van der Waals surface area contributed by atoms with Gasteiger partial charge < -0.3 is 20.9 Å². The van der Waals surface area contributed by atoms with Gasteiger partial charge in [-0.2, -0.15) is 0 Å². The van der Waals surface area contributed by atoms with Crippen molar-refractivity contribution >= 4 is 23.2 Å². The lowest BCUT2D eigenvalue weighted by atomic mass is 10.2. The molecule has 0 spiro atoms. The van der Waals surface area contributed by atoms with Crippen molar-refractivity contribution in [1.82, 2.24) is 15.3 Å². The van der Waals surface area contributed by atoms with Gasteiger partial charge in [-0.15, -0.1) is 0 Å². The number of hydrogen-bond acceptors (Lipinski definition) is 3. The van der Waals surface area contributed by atoms with Gasteiger partial charge in [-0.3, -0.25) is 4.99 Å². The number of imidazole rings is 1. The first-order valence-electron chi connectivity index (χ1n) is 9.76. The maximum Gasteiger partial charge on any atom is 0.188 e. The molecule has 2 aromatic carbocycles. The van der Waals surface area contributed by atoms with E-state index in [4.69, 9.17) is 17.3 Å². The predicted molar refractivity (Wildman–Crippen MR) is 120 cm³/mol. The third-order valence-corrected chi connectivity index (χ3v) is 4.79. The molecular weight excluding hydrogens is 384 g/mol. The lowest BCUT2D eigenvalue weighted by molar-refractivity contribution is 0.747. The van der Waals surface area contributed by atoms with Gasteiger partial charge in [0.25, 0.3) is 0 Å². The predicted octanol–water partition coefficient (Wildman–Crippen LogP) is 3.61. The molecule has 0 aliphatic heterocycles. The van der Waals surface area contributed by atoms with Crippen LogP contribution in [-0.2, 0) is 13.0 Å². The fourth-order valence-electron chi connectivity index (χ4n) is 3.02. The van der Waals surface area contributed by atoms with E-state index in [1.165, 1.54) is 5.56 Å². The topological polar surface area (TPSA) is 82.3 Å². The lowest BCUT2D eigenvalue weighted by Crippen LogP contribution is -2.38. The molecule has 152 valence electrons. The number of H-pyrrole nitrogens is 1. The first-order valence-corrected chi connectivity index (χ1v) is 10.1.